The quantitative estimate of drug-likeness (QED) is 0.633. The van der Waals surface area contributed by atoms with E-state index in [1.54, 1.807) is 41.5 Å². The maximum Gasteiger partial charge on any atom is 0.253 e. The topological polar surface area (TPSA) is 80.8 Å². The Morgan fingerprint density at radius 2 is 1.62 bits per heavy atom. The summed E-state index contributed by atoms with van der Waals surface area (Å²) in [5.41, 5.74) is -1.68. The van der Waals surface area contributed by atoms with Gasteiger partial charge in [-0.2, -0.15) is 0 Å². The van der Waals surface area contributed by atoms with E-state index in [0.29, 0.717) is 6.42 Å². The molecule has 1 heterocycles. The van der Waals surface area contributed by atoms with Gasteiger partial charge in [-0.25, -0.2) is 0 Å². The number of carbonyl (C=O) groups excluding carboxylic acids is 4. The second-order valence-electron chi connectivity index (χ2n) is 7.29. The van der Waals surface area contributed by atoms with Crippen LogP contribution < -0.4 is 0 Å². The lowest BCUT2D eigenvalue weighted by Gasteiger charge is -2.32. The van der Waals surface area contributed by atoms with Crippen LogP contribution in [0.3, 0.4) is 0 Å². The Bertz CT molecular complexity index is 554. The highest BCUT2D eigenvalue weighted by Gasteiger charge is 2.38. The van der Waals surface area contributed by atoms with Crippen molar-refractivity contribution in [2.24, 2.45) is 5.41 Å². The van der Waals surface area contributed by atoms with Crippen LogP contribution in [-0.2, 0) is 23.9 Å². The van der Waals surface area contributed by atoms with Crippen LogP contribution in [0.5, 0.6) is 0 Å². The van der Waals surface area contributed by atoms with E-state index in [1.165, 1.54) is 12.2 Å². The van der Waals surface area contributed by atoms with Crippen LogP contribution in [0.4, 0.5) is 0 Å². The van der Waals surface area contributed by atoms with Crippen molar-refractivity contribution in [3.05, 3.63) is 12.2 Å². The number of nitrogens with zero attached hydrogens (tertiary/aromatic N) is 1. The van der Waals surface area contributed by atoms with E-state index < -0.39 is 28.9 Å². The minimum absolute atomic E-state index is 0.0000711. The Balaban J connectivity index is 2.72. The van der Waals surface area contributed by atoms with Gasteiger partial charge in [0.25, 0.3) is 11.8 Å². The van der Waals surface area contributed by atoms with Gasteiger partial charge in [0.2, 0.25) is 0 Å². The summed E-state index contributed by atoms with van der Waals surface area (Å²) in [5, 5.41) is 0. The average molecular weight is 337 g/mol. The summed E-state index contributed by atoms with van der Waals surface area (Å²) in [7, 11) is 0. The standard InChI is InChI=1S/C18H27NO5/c1-7-18(6,24-12(2)16(23)17(3,4)5)13(20)10-11-19-14(21)8-9-15(19)22/h8-9,12H,7,10-11H2,1-6H3. The first-order valence-electron chi connectivity index (χ1n) is 8.21. The predicted molar refractivity (Wildman–Crippen MR) is 89.2 cm³/mol. The molecule has 1 aliphatic rings. The van der Waals surface area contributed by atoms with Gasteiger partial charge in [-0.15, -0.1) is 0 Å². The van der Waals surface area contributed by atoms with Crippen molar-refractivity contribution < 1.29 is 23.9 Å². The summed E-state index contributed by atoms with van der Waals surface area (Å²) in [6, 6.07) is 0. The summed E-state index contributed by atoms with van der Waals surface area (Å²) in [6.07, 6.45) is 2.06. The van der Waals surface area contributed by atoms with Crippen molar-refractivity contribution in [1.29, 1.82) is 0 Å². The van der Waals surface area contributed by atoms with Crippen LogP contribution >= 0.6 is 0 Å². The molecule has 0 aromatic heterocycles. The summed E-state index contributed by atoms with van der Waals surface area (Å²) in [4.78, 5) is 48.9. The molecule has 1 rings (SSSR count). The molecule has 24 heavy (non-hydrogen) atoms. The smallest absolute Gasteiger partial charge is 0.253 e. The van der Waals surface area contributed by atoms with Crippen LogP contribution in [0.15, 0.2) is 12.2 Å². The minimum atomic E-state index is -1.13. The number of rotatable bonds is 8. The number of hydrogen-bond acceptors (Lipinski definition) is 5. The Morgan fingerprint density at radius 1 is 1.12 bits per heavy atom. The van der Waals surface area contributed by atoms with E-state index in [4.69, 9.17) is 4.74 Å². The Hall–Kier alpha value is -1.82. The first-order chi connectivity index (χ1) is 10.9. The average Bonchev–Trinajstić information content (AvgIpc) is 2.81. The van der Waals surface area contributed by atoms with Crippen molar-refractivity contribution in [2.45, 2.75) is 66.1 Å². The third kappa shape index (κ3) is 4.60. The van der Waals surface area contributed by atoms with Crippen LogP contribution in [-0.4, -0.2) is 46.5 Å². The molecule has 0 aliphatic carbocycles. The Morgan fingerprint density at radius 3 is 2.04 bits per heavy atom. The lowest BCUT2D eigenvalue weighted by Crippen LogP contribution is -2.46. The van der Waals surface area contributed by atoms with Gasteiger partial charge in [0, 0.05) is 30.5 Å². The monoisotopic (exact) mass is 337 g/mol. The van der Waals surface area contributed by atoms with Crippen molar-refractivity contribution in [2.75, 3.05) is 6.54 Å². The van der Waals surface area contributed by atoms with Gasteiger partial charge >= 0.3 is 0 Å². The fourth-order valence-electron chi connectivity index (χ4n) is 2.53. The van der Waals surface area contributed by atoms with E-state index in [0.717, 1.165) is 4.90 Å². The molecule has 0 spiro atoms. The zero-order chi connectivity index (χ0) is 18.7. The van der Waals surface area contributed by atoms with E-state index >= 15 is 0 Å². The van der Waals surface area contributed by atoms with Crippen molar-refractivity contribution in [1.82, 2.24) is 4.90 Å². The second-order valence-corrected chi connectivity index (χ2v) is 7.29. The molecule has 0 N–H and O–H groups in total. The van der Waals surface area contributed by atoms with Gasteiger partial charge in [-0.05, 0) is 20.3 Å². The third-order valence-electron chi connectivity index (χ3n) is 4.27. The number of hydrogen-bond donors (Lipinski definition) is 0. The molecule has 0 aromatic rings. The van der Waals surface area contributed by atoms with E-state index in [1.807, 2.05) is 0 Å². The van der Waals surface area contributed by atoms with Crippen LogP contribution in [0.25, 0.3) is 0 Å². The zero-order valence-electron chi connectivity index (χ0n) is 15.3. The maximum absolute atomic E-state index is 12.6. The summed E-state index contributed by atoms with van der Waals surface area (Å²) in [5.74, 6) is -1.14. The van der Waals surface area contributed by atoms with E-state index in [9.17, 15) is 19.2 Å². The highest BCUT2D eigenvalue weighted by atomic mass is 16.5. The molecule has 0 bridgehead atoms. The molecule has 134 valence electrons. The second kappa shape index (κ2) is 7.38. The Kier molecular flexibility index (Phi) is 6.22. The predicted octanol–water partition coefficient (Wildman–Crippen LogP) is 2.06. The normalized spacial score (nSPS) is 18.7. The van der Waals surface area contributed by atoms with Crippen LogP contribution in [0, 0.1) is 5.41 Å². The van der Waals surface area contributed by atoms with E-state index in [-0.39, 0.29) is 24.5 Å². The van der Waals surface area contributed by atoms with Crippen molar-refractivity contribution in [3.8, 4) is 0 Å². The first kappa shape index (κ1) is 20.2. The molecule has 0 saturated carbocycles. The molecule has 6 heteroatoms. The summed E-state index contributed by atoms with van der Waals surface area (Å²) in [6.45, 7) is 10.5. The van der Waals surface area contributed by atoms with E-state index in [2.05, 4.69) is 0 Å². The SMILES string of the molecule is CCC(C)(OC(C)C(=O)C(C)(C)C)C(=O)CCN1C(=O)C=CC1=O. The summed E-state index contributed by atoms with van der Waals surface area (Å²) < 4.78 is 5.80. The molecule has 0 saturated heterocycles. The number of carbonyl (C=O) groups is 4. The van der Waals surface area contributed by atoms with Gasteiger partial charge < -0.3 is 4.74 Å². The van der Waals surface area contributed by atoms with Gasteiger partial charge in [-0.3, -0.25) is 24.1 Å². The van der Waals surface area contributed by atoms with Gasteiger partial charge in [0.1, 0.15) is 11.7 Å². The first-order valence-corrected chi connectivity index (χ1v) is 8.21. The molecule has 2 unspecified atom stereocenters. The van der Waals surface area contributed by atoms with Crippen LogP contribution in [0.1, 0.15) is 54.4 Å². The Labute approximate surface area is 143 Å². The highest BCUT2D eigenvalue weighted by Crippen LogP contribution is 2.25. The number of imide groups is 1. The molecule has 0 aromatic carbocycles. The zero-order valence-corrected chi connectivity index (χ0v) is 15.3. The largest absolute Gasteiger partial charge is 0.357 e. The lowest BCUT2D eigenvalue weighted by atomic mass is 9.87. The molecule has 0 radical (unpaired) electrons. The van der Waals surface area contributed by atoms with Crippen LogP contribution in [0.2, 0.25) is 0 Å². The summed E-state index contributed by atoms with van der Waals surface area (Å²) >= 11 is 0. The lowest BCUT2D eigenvalue weighted by molar-refractivity contribution is -0.160. The molecule has 1 aliphatic heterocycles. The van der Waals surface area contributed by atoms with Gasteiger partial charge in [0.15, 0.2) is 11.6 Å². The molecular weight excluding hydrogens is 310 g/mol. The molecular formula is C18H27NO5. The van der Waals surface area contributed by atoms with Crippen molar-refractivity contribution in [3.63, 3.8) is 0 Å². The number of amides is 2. The van der Waals surface area contributed by atoms with Crippen molar-refractivity contribution >= 4 is 23.4 Å². The molecule has 0 fully saturated rings. The highest BCUT2D eigenvalue weighted by molar-refractivity contribution is 6.13. The molecule has 6 nitrogen and oxygen atoms in total. The number of ketones is 2. The number of Topliss-reactive ketones (excluding diaryl/α,β-unsaturated/α-hetero) is 2. The minimum Gasteiger partial charge on any atom is -0.357 e. The fourth-order valence-corrected chi connectivity index (χ4v) is 2.53. The molecule has 2 amide bonds. The third-order valence-corrected chi connectivity index (χ3v) is 4.27. The fraction of sp³-hybridized carbons (Fsp3) is 0.667. The van der Waals surface area contributed by atoms with Gasteiger partial charge in [0.05, 0.1) is 0 Å². The maximum atomic E-state index is 12.6. The number of ether oxygens (including phenoxy) is 1. The molecule has 2 atom stereocenters. The van der Waals surface area contributed by atoms with Gasteiger partial charge in [-0.1, -0.05) is 27.7 Å².